The maximum atomic E-state index is 12.9. The third-order valence-corrected chi connectivity index (χ3v) is 7.76. The second kappa shape index (κ2) is 9.86. The zero-order chi connectivity index (χ0) is 23.4. The Balaban J connectivity index is 1.28. The molecule has 1 saturated heterocycles. The molecule has 0 bridgehead atoms. The number of aromatic nitrogens is 2. The van der Waals surface area contributed by atoms with Gasteiger partial charge in [-0.25, -0.2) is 13.1 Å². The molecule has 0 radical (unpaired) electrons. The highest BCUT2D eigenvalue weighted by Gasteiger charge is 2.29. The predicted octanol–water partition coefficient (Wildman–Crippen LogP) is 2.15. The van der Waals surface area contributed by atoms with Gasteiger partial charge in [0.05, 0.1) is 23.3 Å². The van der Waals surface area contributed by atoms with E-state index in [1.807, 2.05) is 48.4 Å². The highest BCUT2D eigenvalue weighted by Crippen LogP contribution is 2.18. The molecule has 0 aliphatic carbocycles. The molecule has 1 aliphatic rings. The number of nitrogens with zero attached hydrogens (tertiary/aromatic N) is 5. The van der Waals surface area contributed by atoms with E-state index in [0.717, 1.165) is 16.8 Å². The lowest BCUT2D eigenvalue weighted by molar-refractivity contribution is -0.131. The van der Waals surface area contributed by atoms with Gasteiger partial charge in [0.15, 0.2) is 0 Å². The lowest BCUT2D eigenvalue weighted by atomic mass is 10.2. The molecule has 4 rings (SSSR count). The molecule has 1 fully saturated rings. The van der Waals surface area contributed by atoms with Crippen LogP contribution >= 0.6 is 0 Å². The number of aryl methyl sites for hydroxylation is 1. The van der Waals surface area contributed by atoms with Crippen LogP contribution in [-0.4, -0.2) is 78.0 Å². The van der Waals surface area contributed by atoms with E-state index in [0.29, 0.717) is 37.6 Å². The molecule has 0 N–H and O–H groups in total. The summed E-state index contributed by atoms with van der Waals surface area (Å²) in [7, 11) is -1.73. The predicted molar refractivity (Wildman–Crippen MR) is 126 cm³/mol. The highest BCUT2D eigenvalue weighted by molar-refractivity contribution is 7.89. The Hall–Kier alpha value is -3.01. The largest absolute Gasteiger partial charge is 0.340 e. The van der Waals surface area contributed by atoms with Gasteiger partial charge < -0.3 is 4.90 Å². The summed E-state index contributed by atoms with van der Waals surface area (Å²) in [5, 5.41) is 4.38. The number of rotatable bonds is 7. The average molecular weight is 468 g/mol. The minimum absolute atomic E-state index is 0.00250. The molecular formula is C24H29N5O3S. The highest BCUT2D eigenvalue weighted by atomic mass is 32.2. The monoisotopic (exact) mass is 467 g/mol. The standard InChI is InChI=1S/C24H29N5O3S/c1-20-8-10-23(11-9-20)33(31,32)28-14-12-27(13-15-28)19-24(30)26(2)17-21-16-25-29(18-21)22-6-4-3-5-7-22/h3-11,16,18H,12-15,17,19H2,1-2H3. The van der Waals surface area contributed by atoms with Crippen LogP contribution in [0.25, 0.3) is 5.69 Å². The Labute approximate surface area is 195 Å². The number of amides is 1. The van der Waals surface area contributed by atoms with Crippen LogP contribution < -0.4 is 0 Å². The molecule has 1 aliphatic heterocycles. The second-order valence-electron chi connectivity index (χ2n) is 8.37. The first-order chi connectivity index (χ1) is 15.8. The number of sulfonamides is 1. The van der Waals surface area contributed by atoms with E-state index in [4.69, 9.17) is 0 Å². The quantitative estimate of drug-likeness (QED) is 0.532. The third-order valence-electron chi connectivity index (χ3n) is 5.85. The molecule has 9 heteroatoms. The van der Waals surface area contributed by atoms with Crippen LogP contribution in [0.1, 0.15) is 11.1 Å². The summed E-state index contributed by atoms with van der Waals surface area (Å²) < 4.78 is 29.0. The van der Waals surface area contributed by atoms with Gasteiger partial charge in [-0.1, -0.05) is 35.9 Å². The number of hydrogen-bond acceptors (Lipinski definition) is 5. The van der Waals surface area contributed by atoms with Crippen LogP contribution in [0.4, 0.5) is 0 Å². The molecule has 33 heavy (non-hydrogen) atoms. The number of para-hydroxylation sites is 1. The van der Waals surface area contributed by atoms with Crippen molar-refractivity contribution >= 4 is 15.9 Å². The summed E-state index contributed by atoms with van der Waals surface area (Å²) in [5.74, 6) is -0.00250. The SMILES string of the molecule is Cc1ccc(S(=O)(=O)N2CCN(CC(=O)N(C)Cc3cnn(-c4ccccc4)c3)CC2)cc1. The van der Waals surface area contributed by atoms with Gasteiger partial charge in [0.2, 0.25) is 15.9 Å². The van der Waals surface area contributed by atoms with Crippen LogP contribution in [0.3, 0.4) is 0 Å². The van der Waals surface area contributed by atoms with Gasteiger partial charge >= 0.3 is 0 Å². The Morgan fingerprint density at radius 1 is 1.00 bits per heavy atom. The van der Waals surface area contributed by atoms with Crippen molar-refractivity contribution in [1.82, 2.24) is 23.9 Å². The smallest absolute Gasteiger partial charge is 0.243 e. The van der Waals surface area contributed by atoms with Crippen LogP contribution in [0, 0.1) is 6.92 Å². The molecule has 1 amide bonds. The minimum Gasteiger partial charge on any atom is -0.340 e. The summed E-state index contributed by atoms with van der Waals surface area (Å²) in [6.45, 7) is 4.45. The summed E-state index contributed by atoms with van der Waals surface area (Å²) >= 11 is 0. The van der Waals surface area contributed by atoms with Crippen molar-refractivity contribution in [1.29, 1.82) is 0 Å². The van der Waals surface area contributed by atoms with Crippen LogP contribution in [0.2, 0.25) is 0 Å². The first-order valence-electron chi connectivity index (χ1n) is 10.9. The van der Waals surface area contributed by atoms with Crippen molar-refractivity contribution in [3.05, 3.63) is 78.1 Å². The van der Waals surface area contributed by atoms with Crippen molar-refractivity contribution < 1.29 is 13.2 Å². The van der Waals surface area contributed by atoms with E-state index < -0.39 is 10.0 Å². The van der Waals surface area contributed by atoms with Crippen LogP contribution in [-0.2, 0) is 21.4 Å². The number of hydrogen-bond donors (Lipinski definition) is 0. The molecule has 0 saturated carbocycles. The summed E-state index contributed by atoms with van der Waals surface area (Å²) in [4.78, 5) is 16.8. The summed E-state index contributed by atoms with van der Waals surface area (Å²) in [5.41, 5.74) is 2.94. The molecule has 174 valence electrons. The molecule has 1 aromatic heterocycles. The fraction of sp³-hybridized carbons (Fsp3) is 0.333. The van der Waals surface area contributed by atoms with Gasteiger partial charge in [-0.2, -0.15) is 9.40 Å². The molecule has 2 heterocycles. The number of benzene rings is 2. The van der Waals surface area contributed by atoms with Gasteiger partial charge in [-0.15, -0.1) is 0 Å². The topological polar surface area (TPSA) is 78.8 Å². The van der Waals surface area contributed by atoms with Gasteiger partial charge in [-0.3, -0.25) is 9.69 Å². The molecule has 2 aromatic carbocycles. The summed E-state index contributed by atoms with van der Waals surface area (Å²) in [6, 6.07) is 16.7. The fourth-order valence-electron chi connectivity index (χ4n) is 3.83. The maximum absolute atomic E-state index is 12.9. The normalized spacial score (nSPS) is 15.5. The van der Waals surface area contributed by atoms with Gasteiger partial charge in [0.1, 0.15) is 0 Å². The van der Waals surface area contributed by atoms with Gasteiger partial charge in [0.25, 0.3) is 0 Å². The van der Waals surface area contributed by atoms with E-state index in [2.05, 4.69) is 5.10 Å². The Morgan fingerprint density at radius 2 is 1.67 bits per heavy atom. The first kappa shape index (κ1) is 23.2. The number of likely N-dealkylation sites (N-methyl/N-ethyl adjacent to an activating group) is 1. The van der Waals surface area contributed by atoms with Crippen molar-refractivity contribution in [3.8, 4) is 5.69 Å². The van der Waals surface area contributed by atoms with E-state index >= 15 is 0 Å². The van der Waals surface area contributed by atoms with Crippen molar-refractivity contribution in [2.75, 3.05) is 39.8 Å². The fourth-order valence-corrected chi connectivity index (χ4v) is 5.25. The van der Waals surface area contributed by atoms with Crippen LogP contribution in [0.5, 0.6) is 0 Å². The number of carbonyl (C=O) groups excluding carboxylic acids is 1. The zero-order valence-corrected chi connectivity index (χ0v) is 19.8. The lowest BCUT2D eigenvalue weighted by Gasteiger charge is -2.34. The summed E-state index contributed by atoms with van der Waals surface area (Å²) in [6.07, 6.45) is 3.69. The lowest BCUT2D eigenvalue weighted by Crippen LogP contribution is -2.51. The van der Waals surface area contributed by atoms with E-state index in [1.54, 1.807) is 47.1 Å². The van der Waals surface area contributed by atoms with Crippen molar-refractivity contribution in [2.24, 2.45) is 0 Å². The number of piperazine rings is 1. The van der Waals surface area contributed by atoms with Crippen LogP contribution in [0.15, 0.2) is 71.9 Å². The first-order valence-corrected chi connectivity index (χ1v) is 12.4. The third kappa shape index (κ3) is 5.50. The average Bonchev–Trinajstić information content (AvgIpc) is 3.29. The molecular weight excluding hydrogens is 438 g/mol. The number of carbonyl (C=O) groups is 1. The molecule has 0 atom stereocenters. The minimum atomic E-state index is -3.51. The molecule has 0 spiro atoms. The van der Waals surface area contributed by atoms with E-state index in [-0.39, 0.29) is 12.5 Å². The van der Waals surface area contributed by atoms with Crippen molar-refractivity contribution in [3.63, 3.8) is 0 Å². The van der Waals surface area contributed by atoms with Gasteiger partial charge in [-0.05, 0) is 31.2 Å². The molecule has 8 nitrogen and oxygen atoms in total. The Morgan fingerprint density at radius 3 is 2.33 bits per heavy atom. The molecule has 3 aromatic rings. The second-order valence-corrected chi connectivity index (χ2v) is 10.3. The van der Waals surface area contributed by atoms with E-state index in [9.17, 15) is 13.2 Å². The van der Waals surface area contributed by atoms with Gasteiger partial charge in [0, 0.05) is 51.5 Å². The Kier molecular flexibility index (Phi) is 6.92. The van der Waals surface area contributed by atoms with Crippen molar-refractivity contribution in [2.45, 2.75) is 18.4 Å². The zero-order valence-electron chi connectivity index (χ0n) is 19.0. The Bertz CT molecular complexity index is 1180. The molecule has 0 unspecified atom stereocenters. The maximum Gasteiger partial charge on any atom is 0.243 e. The van der Waals surface area contributed by atoms with E-state index in [1.165, 1.54) is 4.31 Å².